The highest BCUT2D eigenvalue weighted by Gasteiger charge is 2.07. The van der Waals surface area contributed by atoms with E-state index in [1.807, 2.05) is 24.9 Å². The number of hydrogen-bond acceptors (Lipinski definition) is 3. The van der Waals surface area contributed by atoms with Crippen molar-refractivity contribution >= 4 is 6.29 Å². The minimum absolute atomic E-state index is 0.579. The fraction of sp³-hybridized carbons (Fsp3) is 0.300. The quantitative estimate of drug-likeness (QED) is 0.694. The molecule has 0 atom stereocenters. The summed E-state index contributed by atoms with van der Waals surface area (Å²) < 4.78 is 3.61. The summed E-state index contributed by atoms with van der Waals surface area (Å²) in [5.74, 6) is 0. The van der Waals surface area contributed by atoms with E-state index in [9.17, 15) is 4.79 Å². The van der Waals surface area contributed by atoms with E-state index in [-0.39, 0.29) is 0 Å². The number of aromatic nitrogens is 4. The Morgan fingerprint density at radius 3 is 2.87 bits per heavy atom. The van der Waals surface area contributed by atoms with Crippen LogP contribution in [-0.4, -0.2) is 25.6 Å². The van der Waals surface area contributed by atoms with Gasteiger partial charge in [-0.2, -0.15) is 5.10 Å². The first-order valence-corrected chi connectivity index (χ1v) is 4.65. The average molecular weight is 204 g/mol. The van der Waals surface area contributed by atoms with Gasteiger partial charge in [-0.25, -0.2) is 4.98 Å². The Balaban J connectivity index is 2.33. The molecule has 0 fully saturated rings. The van der Waals surface area contributed by atoms with Crippen LogP contribution in [-0.2, 0) is 13.6 Å². The lowest BCUT2D eigenvalue weighted by atomic mass is 10.2. The van der Waals surface area contributed by atoms with E-state index in [0.717, 1.165) is 17.5 Å². The Morgan fingerprint density at radius 2 is 2.27 bits per heavy atom. The summed E-state index contributed by atoms with van der Waals surface area (Å²) in [5.41, 5.74) is 2.77. The van der Waals surface area contributed by atoms with Crippen molar-refractivity contribution < 1.29 is 4.79 Å². The first-order chi connectivity index (χ1) is 7.22. The van der Waals surface area contributed by atoms with Crippen LogP contribution in [0.2, 0.25) is 0 Å². The third-order valence-corrected chi connectivity index (χ3v) is 2.46. The van der Waals surface area contributed by atoms with E-state index >= 15 is 0 Å². The molecule has 0 N–H and O–H groups in total. The molecule has 0 saturated carbocycles. The minimum Gasteiger partial charge on any atom is -0.322 e. The molecule has 2 heterocycles. The van der Waals surface area contributed by atoms with E-state index in [1.54, 1.807) is 17.1 Å². The summed E-state index contributed by atoms with van der Waals surface area (Å²) in [6, 6.07) is 0. The summed E-state index contributed by atoms with van der Waals surface area (Å²) in [7, 11) is 1.89. The van der Waals surface area contributed by atoms with Crippen LogP contribution in [0.1, 0.15) is 21.7 Å². The van der Waals surface area contributed by atoms with Gasteiger partial charge in [-0.05, 0) is 12.5 Å². The van der Waals surface area contributed by atoms with Crippen LogP contribution >= 0.6 is 0 Å². The maximum absolute atomic E-state index is 10.7. The monoisotopic (exact) mass is 204 g/mol. The van der Waals surface area contributed by atoms with Crippen molar-refractivity contribution in [1.82, 2.24) is 19.3 Å². The fourth-order valence-electron chi connectivity index (χ4n) is 1.52. The molecule has 2 aromatic heterocycles. The third-order valence-electron chi connectivity index (χ3n) is 2.46. The number of rotatable bonds is 3. The first kappa shape index (κ1) is 9.64. The van der Waals surface area contributed by atoms with Gasteiger partial charge in [0.25, 0.3) is 0 Å². The molecule has 0 saturated heterocycles. The molecule has 5 heteroatoms. The number of carbonyl (C=O) groups is 1. The standard InChI is InChI=1S/C10H12N4O/c1-8-3-12-13(2)10(8)5-14-7-11-4-9(14)6-15/h3-4,6-7H,5H2,1-2H3. The van der Waals surface area contributed by atoms with Gasteiger partial charge in [0, 0.05) is 7.05 Å². The van der Waals surface area contributed by atoms with Crippen LogP contribution < -0.4 is 0 Å². The van der Waals surface area contributed by atoms with Crippen LogP contribution in [0.15, 0.2) is 18.7 Å². The third kappa shape index (κ3) is 1.68. The molecule has 15 heavy (non-hydrogen) atoms. The van der Waals surface area contributed by atoms with E-state index < -0.39 is 0 Å². The SMILES string of the molecule is Cc1cnn(C)c1Cn1cncc1C=O. The van der Waals surface area contributed by atoms with Crippen molar-refractivity contribution in [2.45, 2.75) is 13.5 Å². The van der Waals surface area contributed by atoms with Gasteiger partial charge in [0.1, 0.15) is 5.69 Å². The molecule has 0 amide bonds. The van der Waals surface area contributed by atoms with Gasteiger partial charge < -0.3 is 4.57 Å². The number of imidazole rings is 1. The van der Waals surface area contributed by atoms with Gasteiger partial charge in [-0.15, -0.1) is 0 Å². The van der Waals surface area contributed by atoms with Crippen LogP contribution in [0.3, 0.4) is 0 Å². The predicted octanol–water partition coefficient (Wildman–Crippen LogP) is 0.786. The molecule has 0 aliphatic rings. The lowest BCUT2D eigenvalue weighted by Crippen LogP contribution is -2.08. The summed E-state index contributed by atoms with van der Waals surface area (Å²) >= 11 is 0. The van der Waals surface area contributed by atoms with Crippen LogP contribution in [0.25, 0.3) is 0 Å². The molecule has 0 aromatic carbocycles. The molecule has 0 bridgehead atoms. The minimum atomic E-state index is 0.579. The summed E-state index contributed by atoms with van der Waals surface area (Å²) in [6.07, 6.45) is 5.82. The molecule has 0 aliphatic heterocycles. The molecule has 5 nitrogen and oxygen atoms in total. The van der Waals surface area contributed by atoms with Gasteiger partial charge in [-0.1, -0.05) is 0 Å². The fourth-order valence-corrected chi connectivity index (χ4v) is 1.52. The summed E-state index contributed by atoms with van der Waals surface area (Å²) in [6.45, 7) is 2.62. The van der Waals surface area contributed by atoms with Gasteiger partial charge in [0.15, 0.2) is 6.29 Å². The number of nitrogens with zero attached hydrogens (tertiary/aromatic N) is 4. The van der Waals surface area contributed by atoms with Crippen LogP contribution in [0.5, 0.6) is 0 Å². The van der Waals surface area contributed by atoms with E-state index in [0.29, 0.717) is 12.2 Å². The highest BCUT2D eigenvalue weighted by Crippen LogP contribution is 2.08. The molecule has 0 aliphatic carbocycles. The lowest BCUT2D eigenvalue weighted by molar-refractivity contribution is 0.111. The zero-order valence-corrected chi connectivity index (χ0v) is 8.71. The highest BCUT2D eigenvalue weighted by atomic mass is 16.1. The molecule has 2 aromatic rings. The number of hydrogen-bond donors (Lipinski definition) is 0. The zero-order chi connectivity index (χ0) is 10.8. The molecular formula is C10H12N4O. The Kier molecular flexibility index (Phi) is 2.37. The average Bonchev–Trinajstić information content (AvgIpc) is 2.79. The van der Waals surface area contributed by atoms with Crippen LogP contribution in [0.4, 0.5) is 0 Å². The smallest absolute Gasteiger partial charge is 0.168 e. The second kappa shape index (κ2) is 3.68. The normalized spacial score (nSPS) is 10.5. The predicted molar refractivity (Wildman–Crippen MR) is 54.7 cm³/mol. The molecule has 78 valence electrons. The maximum Gasteiger partial charge on any atom is 0.168 e. The van der Waals surface area contributed by atoms with Crippen LogP contribution in [0, 0.1) is 6.92 Å². The molecule has 2 rings (SSSR count). The van der Waals surface area contributed by atoms with Gasteiger partial charge >= 0.3 is 0 Å². The first-order valence-electron chi connectivity index (χ1n) is 4.65. The number of carbonyl (C=O) groups excluding carboxylic acids is 1. The van der Waals surface area contributed by atoms with Gasteiger partial charge in [0.05, 0.1) is 31.0 Å². The van der Waals surface area contributed by atoms with Crippen molar-refractivity contribution in [3.8, 4) is 0 Å². The Hall–Kier alpha value is -1.91. The highest BCUT2D eigenvalue weighted by molar-refractivity contribution is 5.71. The van der Waals surface area contributed by atoms with E-state index in [4.69, 9.17) is 0 Å². The van der Waals surface area contributed by atoms with E-state index in [2.05, 4.69) is 10.1 Å². The Labute approximate surface area is 87.4 Å². The van der Waals surface area contributed by atoms with Crippen molar-refractivity contribution in [3.05, 3.63) is 35.7 Å². The topological polar surface area (TPSA) is 52.7 Å². The van der Waals surface area contributed by atoms with E-state index in [1.165, 1.54) is 0 Å². The van der Waals surface area contributed by atoms with Crippen molar-refractivity contribution in [2.75, 3.05) is 0 Å². The van der Waals surface area contributed by atoms with Gasteiger partial charge in [0.2, 0.25) is 0 Å². The summed E-state index contributed by atoms with van der Waals surface area (Å²) in [4.78, 5) is 14.6. The Bertz CT molecular complexity index is 464. The molecule has 0 radical (unpaired) electrons. The van der Waals surface area contributed by atoms with Gasteiger partial charge in [-0.3, -0.25) is 9.48 Å². The second-order valence-corrected chi connectivity index (χ2v) is 3.46. The van der Waals surface area contributed by atoms with Crippen molar-refractivity contribution in [3.63, 3.8) is 0 Å². The molecular weight excluding hydrogens is 192 g/mol. The molecule has 0 unspecified atom stereocenters. The summed E-state index contributed by atoms with van der Waals surface area (Å²) in [5, 5.41) is 4.15. The largest absolute Gasteiger partial charge is 0.322 e. The lowest BCUT2D eigenvalue weighted by Gasteiger charge is -2.06. The number of aldehydes is 1. The zero-order valence-electron chi connectivity index (χ0n) is 8.71. The van der Waals surface area contributed by atoms with Crippen molar-refractivity contribution in [1.29, 1.82) is 0 Å². The number of aryl methyl sites for hydroxylation is 2. The Morgan fingerprint density at radius 1 is 1.47 bits per heavy atom. The molecule has 0 spiro atoms. The second-order valence-electron chi connectivity index (χ2n) is 3.46. The maximum atomic E-state index is 10.7. The van der Waals surface area contributed by atoms with Crippen molar-refractivity contribution in [2.24, 2.45) is 7.05 Å².